The molecule has 0 aliphatic heterocycles. The molecule has 0 fully saturated rings. The second kappa shape index (κ2) is 6.05. The van der Waals surface area contributed by atoms with Gasteiger partial charge in [-0.05, 0) is 13.8 Å². The van der Waals surface area contributed by atoms with Gasteiger partial charge in [-0.15, -0.1) is 0 Å². The van der Waals surface area contributed by atoms with Crippen molar-refractivity contribution in [3.63, 3.8) is 0 Å². The quantitative estimate of drug-likeness (QED) is 0.679. The fourth-order valence-electron chi connectivity index (χ4n) is 1.31. The van der Waals surface area contributed by atoms with Gasteiger partial charge >= 0.3 is 5.97 Å². The van der Waals surface area contributed by atoms with E-state index in [0.29, 0.717) is 6.61 Å². The second-order valence-electron chi connectivity index (χ2n) is 3.45. The minimum absolute atomic E-state index is 0.00848. The van der Waals surface area contributed by atoms with Crippen LogP contribution in [0.3, 0.4) is 0 Å². The topological polar surface area (TPSA) is 61.2 Å². The minimum atomic E-state index is -0.321. The first kappa shape index (κ1) is 12.4. The number of ketones is 1. The van der Waals surface area contributed by atoms with E-state index in [-0.39, 0.29) is 31.1 Å². The van der Waals surface area contributed by atoms with Crippen LogP contribution >= 0.6 is 0 Å². The van der Waals surface area contributed by atoms with Gasteiger partial charge in [-0.1, -0.05) is 0 Å². The van der Waals surface area contributed by atoms with E-state index in [1.807, 2.05) is 6.92 Å². The number of esters is 1. The fourth-order valence-corrected chi connectivity index (χ4v) is 1.31. The Hall–Kier alpha value is -1.65. The molecule has 1 heterocycles. The van der Waals surface area contributed by atoms with Crippen molar-refractivity contribution >= 4 is 11.8 Å². The van der Waals surface area contributed by atoms with Gasteiger partial charge in [0.05, 0.1) is 19.6 Å². The number of hydrogen-bond donors (Lipinski definition) is 0. The van der Waals surface area contributed by atoms with Gasteiger partial charge < -0.3 is 9.30 Å². The largest absolute Gasteiger partial charge is 0.466 e. The molecule has 16 heavy (non-hydrogen) atoms. The molecule has 0 bridgehead atoms. The molecule has 0 aromatic carbocycles. The Morgan fingerprint density at radius 1 is 1.44 bits per heavy atom. The molecule has 5 heteroatoms. The molecule has 0 amide bonds. The van der Waals surface area contributed by atoms with Crippen LogP contribution in [-0.2, 0) is 20.9 Å². The Morgan fingerprint density at radius 3 is 2.75 bits per heavy atom. The maximum absolute atomic E-state index is 11.5. The molecule has 0 unspecified atom stereocenters. The minimum Gasteiger partial charge on any atom is -0.466 e. The molecular formula is C11H16N2O3. The van der Waals surface area contributed by atoms with E-state index in [1.54, 1.807) is 23.9 Å². The van der Waals surface area contributed by atoms with E-state index >= 15 is 0 Å². The SMILES string of the molecule is CCOC(=O)CCC(=O)Cn1ccnc1C. The molecule has 0 N–H and O–H groups in total. The van der Waals surface area contributed by atoms with Crippen molar-refractivity contribution in [2.45, 2.75) is 33.2 Å². The second-order valence-corrected chi connectivity index (χ2v) is 3.45. The Balaban J connectivity index is 2.32. The van der Waals surface area contributed by atoms with Crippen LogP contribution in [0.1, 0.15) is 25.6 Å². The number of carbonyl (C=O) groups excluding carboxylic acids is 2. The number of nitrogens with zero attached hydrogens (tertiary/aromatic N) is 2. The Bertz CT molecular complexity index is 371. The fraction of sp³-hybridized carbons (Fsp3) is 0.545. The summed E-state index contributed by atoms with van der Waals surface area (Å²) < 4.78 is 6.50. The maximum Gasteiger partial charge on any atom is 0.306 e. The highest BCUT2D eigenvalue weighted by Gasteiger charge is 2.09. The van der Waals surface area contributed by atoms with Gasteiger partial charge in [0.25, 0.3) is 0 Å². The van der Waals surface area contributed by atoms with E-state index in [4.69, 9.17) is 4.74 Å². The van der Waals surface area contributed by atoms with E-state index in [2.05, 4.69) is 4.98 Å². The number of rotatable bonds is 6. The molecule has 1 rings (SSSR count). The first-order chi connectivity index (χ1) is 7.63. The van der Waals surface area contributed by atoms with Crippen molar-refractivity contribution in [3.8, 4) is 0 Å². The van der Waals surface area contributed by atoms with Crippen LogP contribution < -0.4 is 0 Å². The van der Waals surface area contributed by atoms with Crippen molar-refractivity contribution in [1.29, 1.82) is 0 Å². The van der Waals surface area contributed by atoms with Crippen LogP contribution in [0.4, 0.5) is 0 Å². The normalized spacial score (nSPS) is 10.1. The lowest BCUT2D eigenvalue weighted by atomic mass is 10.2. The highest BCUT2D eigenvalue weighted by Crippen LogP contribution is 2.00. The van der Waals surface area contributed by atoms with Gasteiger partial charge in [0.1, 0.15) is 5.82 Å². The zero-order chi connectivity index (χ0) is 12.0. The maximum atomic E-state index is 11.5. The van der Waals surface area contributed by atoms with Crippen molar-refractivity contribution in [2.75, 3.05) is 6.61 Å². The third-order valence-corrected chi connectivity index (χ3v) is 2.18. The van der Waals surface area contributed by atoms with Crippen molar-refractivity contribution < 1.29 is 14.3 Å². The molecule has 0 aliphatic rings. The molecule has 1 aromatic rings. The predicted molar refractivity (Wildman–Crippen MR) is 57.8 cm³/mol. The standard InChI is InChI=1S/C11H16N2O3/c1-3-16-11(15)5-4-10(14)8-13-7-6-12-9(13)2/h6-7H,3-5,8H2,1-2H3. The Morgan fingerprint density at radius 2 is 2.19 bits per heavy atom. The van der Waals surface area contributed by atoms with Gasteiger partial charge in [0.15, 0.2) is 5.78 Å². The van der Waals surface area contributed by atoms with Crippen molar-refractivity contribution in [1.82, 2.24) is 9.55 Å². The van der Waals surface area contributed by atoms with Gasteiger partial charge in [-0.25, -0.2) is 4.98 Å². The molecule has 88 valence electrons. The highest BCUT2D eigenvalue weighted by molar-refractivity contribution is 5.82. The van der Waals surface area contributed by atoms with Crippen molar-refractivity contribution in [2.24, 2.45) is 0 Å². The Labute approximate surface area is 94.4 Å². The zero-order valence-electron chi connectivity index (χ0n) is 9.60. The van der Waals surface area contributed by atoms with Gasteiger partial charge in [0, 0.05) is 18.8 Å². The molecule has 0 radical (unpaired) electrons. The molecule has 5 nitrogen and oxygen atoms in total. The summed E-state index contributed by atoms with van der Waals surface area (Å²) in [5.74, 6) is 0.483. The number of hydrogen-bond acceptors (Lipinski definition) is 4. The van der Waals surface area contributed by atoms with Gasteiger partial charge in [-0.2, -0.15) is 0 Å². The average Bonchev–Trinajstić information content (AvgIpc) is 2.62. The lowest BCUT2D eigenvalue weighted by Crippen LogP contribution is -2.13. The van der Waals surface area contributed by atoms with Crippen molar-refractivity contribution in [3.05, 3.63) is 18.2 Å². The smallest absolute Gasteiger partial charge is 0.306 e. The number of imidazole rings is 1. The van der Waals surface area contributed by atoms with Crippen LogP contribution in [0.15, 0.2) is 12.4 Å². The van der Waals surface area contributed by atoms with E-state index in [9.17, 15) is 9.59 Å². The van der Waals surface area contributed by atoms with Crippen LogP contribution in [0.2, 0.25) is 0 Å². The molecule has 0 spiro atoms. The molecular weight excluding hydrogens is 208 g/mol. The van der Waals surface area contributed by atoms with Crippen LogP contribution in [-0.4, -0.2) is 27.9 Å². The molecule has 1 aromatic heterocycles. The molecule has 0 saturated heterocycles. The van der Waals surface area contributed by atoms with Gasteiger partial charge in [-0.3, -0.25) is 9.59 Å². The molecule has 0 saturated carbocycles. The highest BCUT2D eigenvalue weighted by atomic mass is 16.5. The van der Waals surface area contributed by atoms with E-state index in [1.165, 1.54) is 0 Å². The molecule has 0 atom stereocenters. The zero-order valence-corrected chi connectivity index (χ0v) is 9.60. The number of aryl methyl sites for hydroxylation is 1. The lowest BCUT2D eigenvalue weighted by molar-refractivity contribution is -0.144. The van der Waals surface area contributed by atoms with Crippen LogP contribution in [0.5, 0.6) is 0 Å². The summed E-state index contributed by atoms with van der Waals surface area (Å²) in [5, 5.41) is 0. The third kappa shape index (κ3) is 3.84. The van der Waals surface area contributed by atoms with E-state index in [0.717, 1.165) is 5.82 Å². The van der Waals surface area contributed by atoms with Crippen LogP contribution in [0, 0.1) is 6.92 Å². The monoisotopic (exact) mass is 224 g/mol. The number of aromatic nitrogens is 2. The lowest BCUT2D eigenvalue weighted by Gasteiger charge is -2.04. The first-order valence-electron chi connectivity index (χ1n) is 5.28. The number of carbonyl (C=O) groups is 2. The number of Topliss-reactive ketones (excluding diaryl/α,β-unsaturated/α-hetero) is 1. The summed E-state index contributed by atoms with van der Waals surface area (Å²) in [4.78, 5) is 26.6. The summed E-state index contributed by atoms with van der Waals surface area (Å²) in [6.07, 6.45) is 3.77. The summed E-state index contributed by atoms with van der Waals surface area (Å²) in [5.41, 5.74) is 0. The van der Waals surface area contributed by atoms with Gasteiger partial charge in [0.2, 0.25) is 0 Å². The summed E-state index contributed by atoms with van der Waals surface area (Å²) in [6, 6.07) is 0. The summed E-state index contributed by atoms with van der Waals surface area (Å²) >= 11 is 0. The molecule has 0 aliphatic carbocycles. The average molecular weight is 224 g/mol. The first-order valence-corrected chi connectivity index (χ1v) is 5.28. The number of ether oxygens (including phenoxy) is 1. The summed E-state index contributed by atoms with van der Waals surface area (Å²) in [6.45, 7) is 4.20. The Kier molecular flexibility index (Phi) is 4.69. The van der Waals surface area contributed by atoms with E-state index < -0.39 is 0 Å². The third-order valence-electron chi connectivity index (χ3n) is 2.18. The van der Waals surface area contributed by atoms with Crippen LogP contribution in [0.25, 0.3) is 0 Å². The summed E-state index contributed by atoms with van der Waals surface area (Å²) in [7, 11) is 0. The predicted octanol–water partition coefficient (Wildman–Crippen LogP) is 1.10.